The third-order valence-electron chi connectivity index (χ3n) is 2.82. The normalized spacial score (nSPS) is 17.2. The Morgan fingerprint density at radius 3 is 2.79 bits per heavy atom. The summed E-state index contributed by atoms with van der Waals surface area (Å²) in [5.74, 6) is -0.233. The van der Waals surface area contributed by atoms with E-state index in [9.17, 15) is 9.00 Å². The van der Waals surface area contributed by atoms with Gasteiger partial charge < -0.3 is 15.4 Å². The number of nitrogens with two attached hydrogens (primary N) is 1. The summed E-state index contributed by atoms with van der Waals surface area (Å²) in [6.45, 7) is 2.14. The lowest BCUT2D eigenvalue weighted by Crippen LogP contribution is -2.42. The summed E-state index contributed by atoms with van der Waals surface area (Å²) < 4.78 is 17.3. The van der Waals surface area contributed by atoms with Crippen molar-refractivity contribution in [3.8, 4) is 0 Å². The van der Waals surface area contributed by atoms with Crippen LogP contribution in [0, 0.1) is 0 Å². The molecule has 1 saturated heterocycles. The zero-order valence-electron chi connectivity index (χ0n) is 10.3. The van der Waals surface area contributed by atoms with Crippen LogP contribution in [-0.2, 0) is 20.3 Å². The van der Waals surface area contributed by atoms with E-state index >= 15 is 0 Å². The van der Waals surface area contributed by atoms with Crippen molar-refractivity contribution < 1.29 is 13.7 Å². The molecule has 2 rings (SSSR count). The van der Waals surface area contributed by atoms with Gasteiger partial charge in [-0.05, 0) is 18.2 Å². The van der Waals surface area contributed by atoms with Crippen LogP contribution in [-0.4, -0.2) is 47.1 Å². The van der Waals surface area contributed by atoms with Gasteiger partial charge in [0.15, 0.2) is 0 Å². The number of nitrogen functional groups attached to an aromatic ring is 1. The molecule has 1 aliphatic rings. The van der Waals surface area contributed by atoms with Crippen LogP contribution in [0.3, 0.4) is 0 Å². The highest BCUT2D eigenvalue weighted by Crippen LogP contribution is 2.22. The van der Waals surface area contributed by atoms with Crippen molar-refractivity contribution >= 4 is 34.0 Å². The van der Waals surface area contributed by atoms with E-state index in [0.717, 1.165) is 0 Å². The van der Waals surface area contributed by atoms with Crippen molar-refractivity contribution in [1.82, 2.24) is 4.90 Å². The van der Waals surface area contributed by atoms with Gasteiger partial charge in [-0.25, -0.2) is 0 Å². The molecule has 0 saturated carbocycles. The SMILES string of the molecule is Nc1ccc(Cl)c(S(=O)CC(=O)N2CCOCC2)c1. The highest BCUT2D eigenvalue weighted by atomic mass is 35.5. The molecule has 2 N–H and O–H groups in total. The summed E-state index contributed by atoms with van der Waals surface area (Å²) in [5.41, 5.74) is 6.11. The Labute approximate surface area is 119 Å². The molecule has 0 aliphatic carbocycles. The largest absolute Gasteiger partial charge is 0.399 e. The number of halogens is 1. The van der Waals surface area contributed by atoms with Gasteiger partial charge in [0, 0.05) is 18.8 Å². The molecule has 0 aromatic heterocycles. The van der Waals surface area contributed by atoms with Crippen LogP contribution in [0.25, 0.3) is 0 Å². The van der Waals surface area contributed by atoms with Gasteiger partial charge >= 0.3 is 0 Å². The number of anilines is 1. The fraction of sp³-hybridized carbons (Fsp3) is 0.417. The molecule has 1 aromatic rings. The maximum atomic E-state index is 12.2. The van der Waals surface area contributed by atoms with E-state index in [0.29, 0.717) is 41.9 Å². The second-order valence-electron chi connectivity index (χ2n) is 4.17. The topological polar surface area (TPSA) is 72.6 Å². The van der Waals surface area contributed by atoms with E-state index < -0.39 is 10.8 Å². The molecule has 1 unspecified atom stereocenters. The number of hydrogen-bond donors (Lipinski definition) is 1. The Bertz CT molecular complexity index is 504. The number of morpholine rings is 1. The standard InChI is InChI=1S/C12H15ClN2O3S/c13-10-2-1-9(14)7-11(10)19(17)8-12(16)15-3-5-18-6-4-15/h1-2,7H,3-6,8,14H2. The number of carbonyl (C=O) groups is 1. The van der Waals surface area contributed by atoms with Crippen LogP contribution in [0.4, 0.5) is 5.69 Å². The lowest BCUT2D eigenvalue weighted by atomic mass is 10.3. The Hall–Kier alpha value is -1.11. The number of rotatable bonds is 3. The lowest BCUT2D eigenvalue weighted by molar-refractivity contribution is -0.132. The maximum absolute atomic E-state index is 12.2. The molecule has 1 aliphatic heterocycles. The third-order valence-corrected chi connectivity index (χ3v) is 4.60. The zero-order chi connectivity index (χ0) is 13.8. The molecule has 1 amide bonds. The highest BCUT2D eigenvalue weighted by Gasteiger charge is 2.20. The number of amides is 1. The van der Waals surface area contributed by atoms with Crippen molar-refractivity contribution in [2.24, 2.45) is 0 Å². The first-order valence-corrected chi connectivity index (χ1v) is 7.56. The molecule has 1 aromatic carbocycles. The predicted octanol–water partition coefficient (Wildman–Crippen LogP) is 0.889. The first kappa shape index (κ1) is 14.3. The Morgan fingerprint density at radius 1 is 1.42 bits per heavy atom. The summed E-state index contributed by atoms with van der Waals surface area (Å²) in [5, 5.41) is 0.363. The molecule has 1 fully saturated rings. The number of ether oxygens (including phenoxy) is 1. The number of benzene rings is 1. The molecule has 5 nitrogen and oxygen atoms in total. The van der Waals surface area contributed by atoms with Crippen molar-refractivity contribution in [3.05, 3.63) is 23.2 Å². The van der Waals surface area contributed by atoms with E-state index in [4.69, 9.17) is 22.1 Å². The summed E-state index contributed by atoms with van der Waals surface area (Å²) in [6.07, 6.45) is 0. The van der Waals surface area contributed by atoms with Crippen molar-refractivity contribution in [3.63, 3.8) is 0 Å². The van der Waals surface area contributed by atoms with Crippen LogP contribution in [0.15, 0.2) is 23.1 Å². The lowest BCUT2D eigenvalue weighted by Gasteiger charge is -2.26. The fourth-order valence-electron chi connectivity index (χ4n) is 1.79. The summed E-state index contributed by atoms with van der Waals surface area (Å²) >= 11 is 5.97. The first-order valence-electron chi connectivity index (χ1n) is 5.87. The minimum Gasteiger partial charge on any atom is -0.399 e. The molecule has 0 radical (unpaired) electrons. The Kier molecular flexibility index (Phi) is 4.79. The smallest absolute Gasteiger partial charge is 0.235 e. The maximum Gasteiger partial charge on any atom is 0.235 e. The first-order chi connectivity index (χ1) is 9.08. The zero-order valence-corrected chi connectivity index (χ0v) is 11.9. The van der Waals surface area contributed by atoms with Gasteiger partial charge in [0.25, 0.3) is 0 Å². The van der Waals surface area contributed by atoms with E-state index in [-0.39, 0.29) is 11.7 Å². The van der Waals surface area contributed by atoms with Crippen LogP contribution in [0.5, 0.6) is 0 Å². The minimum absolute atomic E-state index is 0.0802. The van der Waals surface area contributed by atoms with Gasteiger partial charge in [-0.2, -0.15) is 0 Å². The fourth-order valence-corrected chi connectivity index (χ4v) is 3.28. The summed E-state index contributed by atoms with van der Waals surface area (Å²) in [7, 11) is -1.48. The molecule has 0 bridgehead atoms. The predicted molar refractivity (Wildman–Crippen MR) is 74.5 cm³/mol. The monoisotopic (exact) mass is 302 g/mol. The second-order valence-corrected chi connectivity index (χ2v) is 6.00. The van der Waals surface area contributed by atoms with Gasteiger partial charge in [-0.1, -0.05) is 11.6 Å². The van der Waals surface area contributed by atoms with Crippen LogP contribution < -0.4 is 5.73 Å². The van der Waals surface area contributed by atoms with Crippen LogP contribution in [0.1, 0.15) is 0 Å². The highest BCUT2D eigenvalue weighted by molar-refractivity contribution is 7.85. The van der Waals surface area contributed by atoms with Crippen molar-refractivity contribution in [1.29, 1.82) is 0 Å². The molecule has 104 valence electrons. The second kappa shape index (κ2) is 6.36. The van der Waals surface area contributed by atoms with E-state index in [1.807, 2.05) is 0 Å². The molecule has 1 heterocycles. The van der Waals surface area contributed by atoms with E-state index in [2.05, 4.69) is 0 Å². The van der Waals surface area contributed by atoms with E-state index in [1.54, 1.807) is 23.1 Å². The van der Waals surface area contributed by atoms with Crippen molar-refractivity contribution in [2.75, 3.05) is 37.8 Å². The average molecular weight is 303 g/mol. The third kappa shape index (κ3) is 3.68. The van der Waals surface area contributed by atoms with Crippen LogP contribution >= 0.6 is 11.6 Å². The van der Waals surface area contributed by atoms with Gasteiger partial charge in [0.05, 0.1) is 33.9 Å². The van der Waals surface area contributed by atoms with Crippen molar-refractivity contribution in [2.45, 2.75) is 4.90 Å². The average Bonchev–Trinajstić information content (AvgIpc) is 2.42. The molecular weight excluding hydrogens is 288 g/mol. The molecule has 0 spiro atoms. The van der Waals surface area contributed by atoms with Gasteiger partial charge in [0.1, 0.15) is 5.75 Å². The number of carbonyl (C=O) groups excluding carboxylic acids is 1. The summed E-state index contributed by atoms with van der Waals surface area (Å²) in [4.78, 5) is 14.0. The van der Waals surface area contributed by atoms with E-state index in [1.165, 1.54) is 0 Å². The molecule has 1 atom stereocenters. The van der Waals surface area contributed by atoms with Crippen LogP contribution in [0.2, 0.25) is 5.02 Å². The number of hydrogen-bond acceptors (Lipinski definition) is 4. The molecular formula is C12H15ClN2O3S. The molecule has 7 heteroatoms. The Morgan fingerprint density at radius 2 is 2.11 bits per heavy atom. The Balaban J connectivity index is 2.04. The minimum atomic E-state index is -1.48. The molecule has 19 heavy (non-hydrogen) atoms. The quantitative estimate of drug-likeness (QED) is 0.842. The number of nitrogens with zero attached hydrogens (tertiary/aromatic N) is 1. The van der Waals surface area contributed by atoms with Gasteiger partial charge in [-0.15, -0.1) is 0 Å². The van der Waals surface area contributed by atoms with Gasteiger partial charge in [-0.3, -0.25) is 9.00 Å². The van der Waals surface area contributed by atoms with Gasteiger partial charge in [0.2, 0.25) is 5.91 Å². The summed E-state index contributed by atoms with van der Waals surface area (Å²) in [6, 6.07) is 4.77.